The molecule has 0 atom stereocenters. The van der Waals surface area contributed by atoms with Crippen LogP contribution in [0.3, 0.4) is 0 Å². The Bertz CT molecular complexity index is 1420. The standard InChI is InChI=1S/C30H37F2N7O3/c1-18(2)39-12-13-41-27-22(31)14-19(15-24(27)39)26-23(32)17-34-28(37-26)36-25-7-6-21(16-33-25)38-10-8-20(9-11-38)35-29(40)42-30(3,4)5/h6-7,14-18,20H,8-13H2,1-5H3,(H,35,40)(H,33,34,36,37). The Labute approximate surface area is 244 Å². The maximum atomic E-state index is 15.0. The number of anilines is 4. The normalized spacial score (nSPS) is 15.7. The van der Waals surface area contributed by atoms with Gasteiger partial charge in [-0.3, -0.25) is 0 Å². The molecule has 42 heavy (non-hydrogen) atoms. The van der Waals surface area contributed by atoms with E-state index in [0.29, 0.717) is 30.2 Å². The Morgan fingerprint density at radius 1 is 1.07 bits per heavy atom. The van der Waals surface area contributed by atoms with Gasteiger partial charge in [-0.05, 0) is 71.7 Å². The molecule has 2 aliphatic heterocycles. The van der Waals surface area contributed by atoms with Crippen LogP contribution in [-0.4, -0.2) is 65.0 Å². The van der Waals surface area contributed by atoms with Crippen LogP contribution in [0.4, 0.5) is 36.7 Å². The van der Waals surface area contributed by atoms with Gasteiger partial charge >= 0.3 is 6.09 Å². The third-order valence-electron chi connectivity index (χ3n) is 7.12. The van der Waals surface area contributed by atoms with Gasteiger partial charge in [-0.25, -0.2) is 28.5 Å². The summed E-state index contributed by atoms with van der Waals surface area (Å²) in [5.74, 6) is -0.452. The number of ether oxygens (including phenoxy) is 2. The number of nitrogens with one attached hydrogen (secondary N) is 2. The minimum absolute atomic E-state index is 0.0250. The molecule has 1 amide bonds. The molecule has 5 rings (SSSR count). The number of halogens is 2. The Kier molecular flexibility index (Phi) is 8.33. The van der Waals surface area contributed by atoms with Gasteiger partial charge in [0.1, 0.15) is 23.7 Å². The number of alkyl carbamates (subject to hydrolysis) is 1. The van der Waals surface area contributed by atoms with Gasteiger partial charge in [0.15, 0.2) is 17.4 Å². The number of rotatable bonds is 6. The van der Waals surface area contributed by atoms with E-state index in [1.165, 1.54) is 6.07 Å². The summed E-state index contributed by atoms with van der Waals surface area (Å²) in [5, 5.41) is 5.96. The molecule has 1 saturated heterocycles. The quantitative estimate of drug-likeness (QED) is 0.382. The molecular weight excluding hydrogens is 544 g/mol. The van der Waals surface area contributed by atoms with E-state index in [4.69, 9.17) is 9.47 Å². The summed E-state index contributed by atoms with van der Waals surface area (Å²) in [6, 6.07) is 6.83. The molecule has 3 aromatic rings. The molecule has 0 aliphatic carbocycles. The fraction of sp³-hybridized carbons (Fsp3) is 0.467. The molecule has 2 N–H and O–H groups in total. The van der Waals surface area contributed by atoms with Crippen molar-refractivity contribution in [3.8, 4) is 17.0 Å². The number of nitrogens with zero attached hydrogens (tertiary/aromatic N) is 5. The van der Waals surface area contributed by atoms with Crippen molar-refractivity contribution < 1.29 is 23.0 Å². The minimum atomic E-state index is -0.666. The smallest absolute Gasteiger partial charge is 0.407 e. The largest absolute Gasteiger partial charge is 0.486 e. The summed E-state index contributed by atoms with van der Waals surface area (Å²) in [6.07, 6.45) is 3.98. The molecule has 2 aliphatic rings. The molecule has 1 aromatic carbocycles. The fourth-order valence-corrected chi connectivity index (χ4v) is 5.12. The van der Waals surface area contributed by atoms with E-state index in [0.717, 1.165) is 37.8 Å². The topological polar surface area (TPSA) is 105 Å². The highest BCUT2D eigenvalue weighted by Crippen LogP contribution is 2.39. The number of hydrogen-bond acceptors (Lipinski definition) is 9. The van der Waals surface area contributed by atoms with E-state index >= 15 is 0 Å². The molecule has 0 bridgehead atoms. The van der Waals surface area contributed by atoms with E-state index < -0.39 is 23.3 Å². The van der Waals surface area contributed by atoms with Crippen molar-refractivity contribution in [3.63, 3.8) is 0 Å². The van der Waals surface area contributed by atoms with E-state index in [1.807, 2.05) is 45.6 Å². The van der Waals surface area contributed by atoms with Crippen LogP contribution in [0.25, 0.3) is 11.3 Å². The Morgan fingerprint density at radius 2 is 1.83 bits per heavy atom. The van der Waals surface area contributed by atoms with Gasteiger partial charge in [-0.15, -0.1) is 0 Å². The Morgan fingerprint density at radius 3 is 2.50 bits per heavy atom. The maximum Gasteiger partial charge on any atom is 0.407 e. The number of aromatic nitrogens is 3. The summed E-state index contributed by atoms with van der Waals surface area (Å²) < 4.78 is 40.8. The summed E-state index contributed by atoms with van der Waals surface area (Å²) in [7, 11) is 0. The molecule has 2 aromatic heterocycles. The average molecular weight is 582 g/mol. The SMILES string of the molecule is CC(C)N1CCOc2c(F)cc(-c3nc(Nc4ccc(N5CCC(NC(=O)OC(C)(C)C)CC5)cn4)ncc3F)cc21. The minimum Gasteiger partial charge on any atom is -0.486 e. The van der Waals surface area contributed by atoms with Crippen molar-refractivity contribution in [1.29, 1.82) is 0 Å². The van der Waals surface area contributed by atoms with Crippen LogP contribution in [0.1, 0.15) is 47.5 Å². The highest BCUT2D eigenvalue weighted by atomic mass is 19.1. The van der Waals surface area contributed by atoms with Crippen LogP contribution in [0, 0.1) is 11.6 Å². The van der Waals surface area contributed by atoms with Gasteiger partial charge in [-0.2, -0.15) is 0 Å². The predicted molar refractivity (Wildman–Crippen MR) is 157 cm³/mol. The molecule has 0 unspecified atom stereocenters. The molecule has 10 nitrogen and oxygen atoms in total. The lowest BCUT2D eigenvalue weighted by Crippen LogP contribution is -2.46. The van der Waals surface area contributed by atoms with Crippen LogP contribution < -0.4 is 25.2 Å². The van der Waals surface area contributed by atoms with Gasteiger partial charge in [0.05, 0.1) is 30.3 Å². The van der Waals surface area contributed by atoms with Gasteiger partial charge in [0, 0.05) is 30.7 Å². The zero-order valence-corrected chi connectivity index (χ0v) is 24.6. The molecule has 0 radical (unpaired) electrons. The third kappa shape index (κ3) is 6.80. The molecule has 224 valence electrons. The lowest BCUT2D eigenvalue weighted by molar-refractivity contribution is 0.0497. The zero-order valence-electron chi connectivity index (χ0n) is 24.6. The average Bonchev–Trinajstić information content (AvgIpc) is 2.93. The molecule has 0 spiro atoms. The highest BCUT2D eigenvalue weighted by Gasteiger charge is 2.26. The van der Waals surface area contributed by atoms with Crippen molar-refractivity contribution in [2.45, 2.75) is 65.1 Å². The fourth-order valence-electron chi connectivity index (χ4n) is 5.12. The monoisotopic (exact) mass is 581 g/mol. The van der Waals surface area contributed by atoms with Crippen molar-refractivity contribution in [1.82, 2.24) is 20.3 Å². The number of benzene rings is 1. The van der Waals surface area contributed by atoms with E-state index in [2.05, 4.69) is 30.5 Å². The number of piperidine rings is 1. The first-order chi connectivity index (χ1) is 20.0. The van der Waals surface area contributed by atoms with E-state index in [9.17, 15) is 13.6 Å². The van der Waals surface area contributed by atoms with Gasteiger partial charge in [0.25, 0.3) is 0 Å². The van der Waals surface area contributed by atoms with Gasteiger partial charge < -0.3 is 29.9 Å². The van der Waals surface area contributed by atoms with Crippen LogP contribution in [0.2, 0.25) is 0 Å². The molecule has 1 fully saturated rings. The first kappa shape index (κ1) is 29.3. The Balaban J connectivity index is 1.24. The summed E-state index contributed by atoms with van der Waals surface area (Å²) in [4.78, 5) is 29.2. The van der Waals surface area contributed by atoms with Gasteiger partial charge in [0.2, 0.25) is 5.95 Å². The summed E-state index contributed by atoms with van der Waals surface area (Å²) in [6.45, 7) is 12.1. The number of hydrogen-bond donors (Lipinski definition) is 2. The number of carbonyl (C=O) groups excluding carboxylic acids is 1. The number of carbonyl (C=O) groups is 1. The van der Waals surface area contributed by atoms with Gasteiger partial charge in [-0.1, -0.05) is 0 Å². The predicted octanol–water partition coefficient (Wildman–Crippen LogP) is 5.66. The maximum absolute atomic E-state index is 15.0. The number of amides is 1. The lowest BCUT2D eigenvalue weighted by atomic mass is 10.0. The summed E-state index contributed by atoms with van der Waals surface area (Å²) in [5.41, 5.74) is 1.25. The molecule has 4 heterocycles. The summed E-state index contributed by atoms with van der Waals surface area (Å²) >= 11 is 0. The highest BCUT2D eigenvalue weighted by molar-refractivity contribution is 5.73. The second-order valence-corrected chi connectivity index (χ2v) is 11.8. The van der Waals surface area contributed by atoms with Crippen molar-refractivity contribution >= 4 is 29.2 Å². The van der Waals surface area contributed by atoms with Crippen LogP contribution in [0.15, 0.2) is 36.7 Å². The first-order valence-corrected chi connectivity index (χ1v) is 14.2. The van der Waals surface area contributed by atoms with Crippen LogP contribution in [0.5, 0.6) is 5.75 Å². The van der Waals surface area contributed by atoms with E-state index in [-0.39, 0.29) is 29.5 Å². The molecule has 12 heteroatoms. The molecular formula is C30H37F2N7O3. The zero-order chi connectivity index (χ0) is 30.0. The number of fused-ring (bicyclic) bond motifs is 1. The first-order valence-electron chi connectivity index (χ1n) is 14.2. The molecule has 0 saturated carbocycles. The second kappa shape index (κ2) is 11.9. The number of pyridine rings is 1. The lowest BCUT2D eigenvalue weighted by Gasteiger charge is -2.34. The van der Waals surface area contributed by atoms with E-state index in [1.54, 1.807) is 18.3 Å². The third-order valence-corrected chi connectivity index (χ3v) is 7.12. The van der Waals surface area contributed by atoms with Crippen molar-refractivity contribution in [2.24, 2.45) is 0 Å². The second-order valence-electron chi connectivity index (χ2n) is 11.8. The van der Waals surface area contributed by atoms with Crippen molar-refractivity contribution in [3.05, 3.63) is 48.3 Å². The van der Waals surface area contributed by atoms with Crippen LogP contribution in [-0.2, 0) is 4.74 Å². The van der Waals surface area contributed by atoms with Crippen LogP contribution >= 0.6 is 0 Å². The van der Waals surface area contributed by atoms with Crippen molar-refractivity contribution in [2.75, 3.05) is 41.4 Å². The Hall–Kier alpha value is -4.22.